The second kappa shape index (κ2) is 7.84. The summed E-state index contributed by atoms with van der Waals surface area (Å²) in [4.78, 5) is 0. The fourth-order valence-electron chi connectivity index (χ4n) is 2.30. The van der Waals surface area contributed by atoms with E-state index in [1.165, 1.54) is 22.3 Å². The van der Waals surface area contributed by atoms with Gasteiger partial charge in [0.05, 0.1) is 0 Å². The van der Waals surface area contributed by atoms with Crippen LogP contribution in [-0.4, -0.2) is 6.54 Å². The third-order valence-corrected chi connectivity index (χ3v) is 3.60. The molecule has 0 fully saturated rings. The quantitative estimate of drug-likeness (QED) is 0.761. The summed E-state index contributed by atoms with van der Waals surface area (Å²) in [5.41, 5.74) is 5.03. The molecule has 0 aliphatic heterocycles. The summed E-state index contributed by atoms with van der Waals surface area (Å²) in [6.45, 7) is 8.94. The van der Waals surface area contributed by atoms with Gasteiger partial charge in [-0.3, -0.25) is 0 Å². The molecule has 2 nitrogen and oxygen atoms in total. The zero-order valence-corrected chi connectivity index (χ0v) is 13.3. The van der Waals surface area contributed by atoms with Crippen LogP contribution in [0, 0.1) is 13.8 Å². The lowest BCUT2D eigenvalue weighted by Crippen LogP contribution is -2.14. The third kappa shape index (κ3) is 4.61. The molecule has 112 valence electrons. The summed E-state index contributed by atoms with van der Waals surface area (Å²) in [5, 5.41) is 3.43. The SMILES string of the molecule is CCCNCc1ccccc1OCc1cc(C)ccc1C. The van der Waals surface area contributed by atoms with E-state index < -0.39 is 0 Å². The van der Waals surface area contributed by atoms with Crippen LogP contribution in [0.25, 0.3) is 0 Å². The maximum absolute atomic E-state index is 6.05. The molecule has 0 aliphatic carbocycles. The van der Waals surface area contributed by atoms with Gasteiger partial charge in [-0.15, -0.1) is 0 Å². The topological polar surface area (TPSA) is 21.3 Å². The second-order valence-corrected chi connectivity index (χ2v) is 5.50. The van der Waals surface area contributed by atoms with Crippen molar-refractivity contribution < 1.29 is 4.74 Å². The van der Waals surface area contributed by atoms with Gasteiger partial charge in [-0.2, -0.15) is 0 Å². The van der Waals surface area contributed by atoms with Gasteiger partial charge in [-0.1, -0.05) is 48.9 Å². The molecule has 0 saturated carbocycles. The molecular weight excluding hydrogens is 258 g/mol. The monoisotopic (exact) mass is 283 g/mol. The van der Waals surface area contributed by atoms with Crippen LogP contribution in [0.1, 0.15) is 35.6 Å². The second-order valence-electron chi connectivity index (χ2n) is 5.50. The Kier molecular flexibility index (Phi) is 5.82. The van der Waals surface area contributed by atoms with Gasteiger partial charge in [-0.05, 0) is 44.0 Å². The lowest BCUT2D eigenvalue weighted by Gasteiger charge is -2.13. The van der Waals surface area contributed by atoms with Crippen molar-refractivity contribution in [3.63, 3.8) is 0 Å². The van der Waals surface area contributed by atoms with E-state index in [0.29, 0.717) is 6.61 Å². The molecule has 0 unspecified atom stereocenters. The lowest BCUT2D eigenvalue weighted by molar-refractivity contribution is 0.301. The van der Waals surface area contributed by atoms with Crippen molar-refractivity contribution >= 4 is 0 Å². The first kappa shape index (κ1) is 15.6. The first-order valence-electron chi connectivity index (χ1n) is 7.68. The van der Waals surface area contributed by atoms with Gasteiger partial charge in [0, 0.05) is 12.1 Å². The molecule has 0 atom stereocenters. The zero-order chi connectivity index (χ0) is 15.1. The molecule has 0 amide bonds. The largest absolute Gasteiger partial charge is 0.489 e. The first-order valence-corrected chi connectivity index (χ1v) is 7.68. The molecule has 0 spiro atoms. The summed E-state index contributed by atoms with van der Waals surface area (Å²) in [6.07, 6.45) is 1.14. The normalized spacial score (nSPS) is 10.6. The minimum Gasteiger partial charge on any atom is -0.489 e. The van der Waals surface area contributed by atoms with Crippen LogP contribution in [0.15, 0.2) is 42.5 Å². The van der Waals surface area contributed by atoms with Crippen LogP contribution < -0.4 is 10.1 Å². The van der Waals surface area contributed by atoms with Gasteiger partial charge in [0.15, 0.2) is 0 Å². The van der Waals surface area contributed by atoms with Crippen molar-refractivity contribution in [2.45, 2.75) is 40.3 Å². The molecule has 0 heterocycles. The van der Waals surface area contributed by atoms with E-state index in [-0.39, 0.29) is 0 Å². The number of ether oxygens (including phenoxy) is 1. The molecule has 0 saturated heterocycles. The fraction of sp³-hybridized carbons (Fsp3) is 0.368. The molecule has 2 aromatic carbocycles. The molecule has 1 N–H and O–H groups in total. The number of hydrogen-bond donors (Lipinski definition) is 1. The Hall–Kier alpha value is -1.80. The molecule has 0 aromatic heterocycles. The number of benzene rings is 2. The van der Waals surface area contributed by atoms with E-state index in [2.05, 4.69) is 56.4 Å². The minimum absolute atomic E-state index is 0.623. The van der Waals surface area contributed by atoms with Crippen molar-refractivity contribution in [3.8, 4) is 5.75 Å². The van der Waals surface area contributed by atoms with Crippen LogP contribution in [0.3, 0.4) is 0 Å². The minimum atomic E-state index is 0.623. The van der Waals surface area contributed by atoms with E-state index in [1.807, 2.05) is 12.1 Å². The summed E-state index contributed by atoms with van der Waals surface area (Å²) in [5.74, 6) is 0.974. The fourth-order valence-corrected chi connectivity index (χ4v) is 2.30. The predicted octanol–water partition coefficient (Wildman–Crippen LogP) is 4.38. The molecule has 2 heteroatoms. The predicted molar refractivity (Wildman–Crippen MR) is 88.7 cm³/mol. The van der Waals surface area contributed by atoms with Gasteiger partial charge in [0.1, 0.15) is 12.4 Å². The summed E-state index contributed by atoms with van der Waals surface area (Å²) in [7, 11) is 0. The van der Waals surface area contributed by atoms with Crippen molar-refractivity contribution in [1.29, 1.82) is 0 Å². The molecule has 0 aliphatic rings. The molecule has 0 radical (unpaired) electrons. The average molecular weight is 283 g/mol. The highest BCUT2D eigenvalue weighted by atomic mass is 16.5. The molecule has 21 heavy (non-hydrogen) atoms. The van der Waals surface area contributed by atoms with Crippen LogP contribution in [-0.2, 0) is 13.2 Å². The summed E-state index contributed by atoms with van der Waals surface area (Å²) < 4.78 is 6.05. The number of nitrogens with one attached hydrogen (secondary N) is 1. The maximum atomic E-state index is 6.05. The Morgan fingerprint density at radius 3 is 2.62 bits per heavy atom. The van der Waals surface area contributed by atoms with E-state index in [9.17, 15) is 0 Å². The molecule has 0 bridgehead atoms. The van der Waals surface area contributed by atoms with E-state index in [0.717, 1.165) is 25.3 Å². The molecular formula is C19H25NO. The first-order chi connectivity index (χ1) is 10.2. The lowest BCUT2D eigenvalue weighted by atomic mass is 10.1. The van der Waals surface area contributed by atoms with Crippen LogP contribution in [0.4, 0.5) is 0 Å². The van der Waals surface area contributed by atoms with Gasteiger partial charge >= 0.3 is 0 Å². The Morgan fingerprint density at radius 2 is 1.81 bits per heavy atom. The van der Waals surface area contributed by atoms with Gasteiger partial charge in [0.25, 0.3) is 0 Å². The molecule has 2 rings (SSSR count). The maximum Gasteiger partial charge on any atom is 0.124 e. The Labute approximate surface area is 128 Å². The average Bonchev–Trinajstić information content (AvgIpc) is 2.49. The highest BCUT2D eigenvalue weighted by Gasteiger charge is 2.05. The van der Waals surface area contributed by atoms with E-state index in [1.54, 1.807) is 0 Å². The Balaban J connectivity index is 2.04. The van der Waals surface area contributed by atoms with E-state index in [4.69, 9.17) is 4.74 Å². The standard InChI is InChI=1S/C19H25NO/c1-4-11-20-13-17-7-5-6-8-19(17)21-14-18-12-15(2)9-10-16(18)3/h5-10,12,20H,4,11,13-14H2,1-3H3. The van der Waals surface area contributed by atoms with Crippen molar-refractivity contribution in [2.24, 2.45) is 0 Å². The smallest absolute Gasteiger partial charge is 0.124 e. The zero-order valence-electron chi connectivity index (χ0n) is 13.3. The summed E-state index contributed by atoms with van der Waals surface area (Å²) >= 11 is 0. The van der Waals surface area contributed by atoms with E-state index >= 15 is 0 Å². The van der Waals surface area contributed by atoms with Crippen molar-refractivity contribution in [3.05, 3.63) is 64.7 Å². The van der Waals surface area contributed by atoms with Crippen LogP contribution >= 0.6 is 0 Å². The van der Waals surface area contributed by atoms with Crippen LogP contribution in [0.2, 0.25) is 0 Å². The number of para-hydroxylation sites is 1. The van der Waals surface area contributed by atoms with Crippen molar-refractivity contribution in [2.75, 3.05) is 6.54 Å². The van der Waals surface area contributed by atoms with Gasteiger partial charge in [0.2, 0.25) is 0 Å². The Morgan fingerprint density at radius 1 is 1.00 bits per heavy atom. The van der Waals surface area contributed by atoms with Crippen LogP contribution in [0.5, 0.6) is 5.75 Å². The summed E-state index contributed by atoms with van der Waals surface area (Å²) in [6, 6.07) is 14.8. The number of hydrogen-bond acceptors (Lipinski definition) is 2. The van der Waals surface area contributed by atoms with Gasteiger partial charge < -0.3 is 10.1 Å². The number of rotatable bonds is 7. The number of aryl methyl sites for hydroxylation is 2. The third-order valence-electron chi connectivity index (χ3n) is 3.60. The Bertz CT molecular complexity index is 578. The van der Waals surface area contributed by atoms with Gasteiger partial charge in [-0.25, -0.2) is 0 Å². The highest BCUT2D eigenvalue weighted by molar-refractivity contribution is 5.35. The molecule has 2 aromatic rings. The highest BCUT2D eigenvalue weighted by Crippen LogP contribution is 2.20. The van der Waals surface area contributed by atoms with Crippen molar-refractivity contribution in [1.82, 2.24) is 5.32 Å².